The fourth-order valence-electron chi connectivity index (χ4n) is 3.52. The Balaban J connectivity index is 1.89. The second kappa shape index (κ2) is 7.43. The zero-order valence-corrected chi connectivity index (χ0v) is 17.0. The summed E-state index contributed by atoms with van der Waals surface area (Å²) in [5.41, 5.74) is 2.72. The molecule has 0 unspecified atom stereocenters. The van der Waals surface area contributed by atoms with Gasteiger partial charge in [-0.3, -0.25) is 4.79 Å². The molecule has 29 heavy (non-hydrogen) atoms. The Morgan fingerprint density at radius 1 is 1.07 bits per heavy atom. The Labute approximate surface area is 176 Å². The van der Waals surface area contributed by atoms with Gasteiger partial charge in [0.05, 0.1) is 23.0 Å². The summed E-state index contributed by atoms with van der Waals surface area (Å²) in [5, 5.41) is 1.07. The molecule has 0 radical (unpaired) electrons. The second-order valence-electron chi connectivity index (χ2n) is 7.07. The summed E-state index contributed by atoms with van der Waals surface area (Å²) in [6.45, 7) is 0.687. The minimum atomic E-state index is -2.98. The number of hydrogen-bond acceptors (Lipinski definition) is 2. The van der Waals surface area contributed by atoms with Gasteiger partial charge >= 0.3 is 0 Å². The van der Waals surface area contributed by atoms with Crippen LogP contribution in [0, 0.1) is 0 Å². The fraction of sp³-hybridized carbons (Fsp3) is 0.238. The third-order valence-electron chi connectivity index (χ3n) is 4.75. The number of hydrogen-bond donors (Lipinski definition) is 0. The minimum Gasteiger partial charge on any atom is -0.328 e. The first-order chi connectivity index (χ1) is 13.7. The molecule has 1 aromatic heterocycles. The molecule has 0 bridgehead atoms. The van der Waals surface area contributed by atoms with Crippen LogP contribution in [0.5, 0.6) is 0 Å². The molecule has 0 saturated carbocycles. The van der Waals surface area contributed by atoms with E-state index in [-0.39, 0.29) is 12.4 Å². The van der Waals surface area contributed by atoms with E-state index in [2.05, 4.69) is 4.98 Å². The van der Waals surface area contributed by atoms with Gasteiger partial charge in [0.1, 0.15) is 0 Å². The van der Waals surface area contributed by atoms with Crippen LogP contribution in [0.4, 0.5) is 8.78 Å². The maximum absolute atomic E-state index is 13.5. The monoisotopic (exact) mass is 435 g/mol. The zero-order valence-electron chi connectivity index (χ0n) is 15.5. The SMILES string of the molecule is CC(F)(F)CN1CCn2c(nc(-c3ccccc3Cl)c2-c2ccc(Cl)cc2)C1=O. The molecule has 0 atom stereocenters. The van der Waals surface area contributed by atoms with Gasteiger partial charge in [-0.2, -0.15) is 0 Å². The van der Waals surface area contributed by atoms with Crippen LogP contribution in [0.25, 0.3) is 22.5 Å². The Hall–Kier alpha value is -2.44. The molecule has 0 aliphatic carbocycles. The summed E-state index contributed by atoms with van der Waals surface area (Å²) in [7, 11) is 0. The van der Waals surface area contributed by atoms with Gasteiger partial charge in [0.25, 0.3) is 11.8 Å². The molecule has 0 spiro atoms. The van der Waals surface area contributed by atoms with Gasteiger partial charge in [-0.25, -0.2) is 13.8 Å². The van der Waals surface area contributed by atoms with Gasteiger partial charge in [-0.05, 0) is 18.2 Å². The lowest BCUT2D eigenvalue weighted by Gasteiger charge is -2.30. The first kappa shape index (κ1) is 19.9. The Bertz CT molecular complexity index is 1070. The van der Waals surface area contributed by atoms with E-state index in [1.54, 1.807) is 28.8 Å². The van der Waals surface area contributed by atoms with Crippen LogP contribution >= 0.6 is 23.2 Å². The van der Waals surface area contributed by atoms with Crippen LogP contribution < -0.4 is 0 Å². The number of halogens is 4. The van der Waals surface area contributed by atoms with Gasteiger partial charge in [0, 0.05) is 36.2 Å². The first-order valence-corrected chi connectivity index (χ1v) is 9.78. The van der Waals surface area contributed by atoms with Crippen molar-refractivity contribution in [3.05, 3.63) is 64.4 Å². The van der Waals surface area contributed by atoms with E-state index in [0.717, 1.165) is 17.4 Å². The normalized spacial score (nSPS) is 14.2. The van der Waals surface area contributed by atoms with E-state index >= 15 is 0 Å². The maximum Gasteiger partial charge on any atom is 0.290 e. The number of benzene rings is 2. The van der Waals surface area contributed by atoms with Crippen LogP contribution in [-0.4, -0.2) is 39.4 Å². The fourth-order valence-corrected chi connectivity index (χ4v) is 3.88. The zero-order chi connectivity index (χ0) is 20.8. The van der Waals surface area contributed by atoms with E-state index in [0.29, 0.717) is 33.5 Å². The largest absolute Gasteiger partial charge is 0.328 e. The third-order valence-corrected chi connectivity index (χ3v) is 5.34. The van der Waals surface area contributed by atoms with Crippen LogP contribution in [0.3, 0.4) is 0 Å². The Morgan fingerprint density at radius 3 is 2.41 bits per heavy atom. The van der Waals surface area contributed by atoms with Gasteiger partial charge in [-0.1, -0.05) is 53.5 Å². The van der Waals surface area contributed by atoms with Crippen LogP contribution in [0.15, 0.2) is 48.5 Å². The molecule has 0 saturated heterocycles. The standard InChI is InChI=1S/C21H17Cl2F2N3O/c1-21(24,25)12-27-10-11-28-18(13-6-8-14(22)9-7-13)17(26-19(28)20(27)29)15-4-2-3-5-16(15)23/h2-9H,10-12H2,1H3. The Morgan fingerprint density at radius 2 is 1.76 bits per heavy atom. The number of fused-ring (bicyclic) bond motifs is 1. The summed E-state index contributed by atoms with van der Waals surface area (Å²) >= 11 is 12.4. The van der Waals surface area contributed by atoms with Crippen molar-refractivity contribution in [2.24, 2.45) is 0 Å². The van der Waals surface area contributed by atoms with Crippen molar-refractivity contribution < 1.29 is 13.6 Å². The number of nitrogens with zero attached hydrogens (tertiary/aromatic N) is 3. The van der Waals surface area contributed by atoms with Crippen molar-refractivity contribution in [2.45, 2.75) is 19.4 Å². The summed E-state index contributed by atoms with van der Waals surface area (Å²) in [5.74, 6) is -3.37. The molecular formula is C21H17Cl2F2N3O. The molecule has 4 nitrogen and oxygen atoms in total. The van der Waals surface area contributed by atoms with E-state index in [9.17, 15) is 13.6 Å². The van der Waals surface area contributed by atoms with Crippen molar-refractivity contribution in [1.82, 2.24) is 14.5 Å². The Kier molecular flexibility index (Phi) is 5.09. The molecule has 3 aromatic rings. The smallest absolute Gasteiger partial charge is 0.290 e. The molecule has 1 aliphatic rings. The summed E-state index contributed by atoms with van der Waals surface area (Å²) < 4.78 is 28.8. The highest BCUT2D eigenvalue weighted by atomic mass is 35.5. The third kappa shape index (κ3) is 3.87. The number of aromatic nitrogens is 2. The highest BCUT2D eigenvalue weighted by Crippen LogP contribution is 2.38. The molecular weight excluding hydrogens is 419 g/mol. The van der Waals surface area contributed by atoms with Crippen molar-refractivity contribution in [2.75, 3.05) is 13.1 Å². The average Bonchev–Trinajstić information content (AvgIpc) is 3.04. The molecule has 0 N–H and O–H groups in total. The number of carbonyl (C=O) groups is 1. The van der Waals surface area contributed by atoms with Crippen molar-refractivity contribution in [1.29, 1.82) is 0 Å². The van der Waals surface area contributed by atoms with Crippen molar-refractivity contribution >= 4 is 29.1 Å². The second-order valence-corrected chi connectivity index (χ2v) is 7.91. The number of imidazole rings is 1. The molecule has 8 heteroatoms. The average molecular weight is 436 g/mol. The van der Waals surface area contributed by atoms with E-state index in [1.807, 2.05) is 24.3 Å². The van der Waals surface area contributed by atoms with Gasteiger partial charge in [0.15, 0.2) is 5.82 Å². The topological polar surface area (TPSA) is 38.1 Å². The van der Waals surface area contributed by atoms with Gasteiger partial charge in [-0.15, -0.1) is 0 Å². The van der Waals surface area contributed by atoms with Gasteiger partial charge < -0.3 is 9.47 Å². The lowest BCUT2D eigenvalue weighted by atomic mass is 10.0. The first-order valence-electron chi connectivity index (χ1n) is 9.03. The molecule has 150 valence electrons. The lowest BCUT2D eigenvalue weighted by Crippen LogP contribution is -2.45. The predicted octanol–water partition coefficient (Wildman–Crippen LogP) is 5.63. The molecule has 2 aromatic carbocycles. The molecule has 1 amide bonds. The van der Waals surface area contributed by atoms with Crippen molar-refractivity contribution in [3.8, 4) is 22.5 Å². The van der Waals surface area contributed by atoms with E-state index in [1.165, 1.54) is 0 Å². The number of amides is 1. The van der Waals surface area contributed by atoms with Crippen LogP contribution in [0.1, 0.15) is 17.5 Å². The molecule has 1 aliphatic heterocycles. The number of rotatable bonds is 4. The number of alkyl halides is 2. The van der Waals surface area contributed by atoms with E-state index < -0.39 is 18.4 Å². The van der Waals surface area contributed by atoms with Gasteiger partial charge in [0.2, 0.25) is 0 Å². The van der Waals surface area contributed by atoms with E-state index in [4.69, 9.17) is 23.2 Å². The lowest BCUT2D eigenvalue weighted by molar-refractivity contribution is -0.0140. The molecule has 4 rings (SSSR count). The molecule has 0 fully saturated rings. The highest BCUT2D eigenvalue weighted by Gasteiger charge is 2.35. The summed E-state index contributed by atoms with van der Waals surface area (Å²) in [6, 6.07) is 14.4. The predicted molar refractivity (Wildman–Crippen MR) is 110 cm³/mol. The minimum absolute atomic E-state index is 0.125. The van der Waals surface area contributed by atoms with Crippen molar-refractivity contribution in [3.63, 3.8) is 0 Å². The summed E-state index contributed by atoms with van der Waals surface area (Å²) in [6.07, 6.45) is 0. The maximum atomic E-state index is 13.5. The molecule has 2 heterocycles. The summed E-state index contributed by atoms with van der Waals surface area (Å²) in [4.78, 5) is 18.6. The highest BCUT2D eigenvalue weighted by molar-refractivity contribution is 6.33. The van der Waals surface area contributed by atoms with Crippen LogP contribution in [0.2, 0.25) is 10.0 Å². The van der Waals surface area contributed by atoms with Crippen LogP contribution in [-0.2, 0) is 6.54 Å². The quantitative estimate of drug-likeness (QED) is 0.532. The number of carbonyl (C=O) groups excluding carboxylic acids is 1.